The van der Waals surface area contributed by atoms with E-state index in [9.17, 15) is 24.0 Å². The maximum Gasteiger partial charge on any atom is 0.326 e. The van der Waals surface area contributed by atoms with Crippen molar-refractivity contribution in [1.82, 2.24) is 20.4 Å². The minimum Gasteiger partial charge on any atom is -0.454 e. The van der Waals surface area contributed by atoms with Gasteiger partial charge in [-0.3, -0.25) is 24.1 Å². The Hall–Kier alpha value is -3.43. The van der Waals surface area contributed by atoms with E-state index in [0.717, 1.165) is 28.9 Å². The zero-order valence-electron chi connectivity index (χ0n) is 16.9. The lowest BCUT2D eigenvalue weighted by molar-refractivity contribution is -0.151. The first-order valence-corrected chi connectivity index (χ1v) is 9.59. The Morgan fingerprint density at radius 1 is 1.23 bits per heavy atom. The Morgan fingerprint density at radius 2 is 1.97 bits per heavy atom. The number of nitrogens with zero attached hydrogens (tertiary/aromatic N) is 2. The van der Waals surface area contributed by atoms with Crippen LogP contribution in [-0.2, 0) is 35.9 Å². The number of nitrogens with one attached hydrogen (secondary N) is 2. The van der Waals surface area contributed by atoms with E-state index >= 15 is 0 Å². The molecule has 1 heterocycles. The standard InChI is InChI=1S/C20H24N4O6/c1-23(2)16(26)10-21-15(25)12-30-17(27)11-24-18(28)20(22-19(24)29)9-5-7-13-6-3-4-8-14(13)20/h3-4,6,8H,5,7,9-12H2,1-2H3,(H,21,25)(H,22,29)/t20-/m0/s1. The summed E-state index contributed by atoms with van der Waals surface area (Å²) in [6.07, 6.45) is 1.99. The Morgan fingerprint density at radius 3 is 2.70 bits per heavy atom. The fourth-order valence-electron chi connectivity index (χ4n) is 3.66. The number of ether oxygens (including phenoxy) is 1. The van der Waals surface area contributed by atoms with Crippen LogP contribution in [0.2, 0.25) is 0 Å². The predicted molar refractivity (Wildman–Crippen MR) is 104 cm³/mol. The van der Waals surface area contributed by atoms with Crippen molar-refractivity contribution in [3.8, 4) is 0 Å². The topological polar surface area (TPSA) is 125 Å². The quantitative estimate of drug-likeness (QED) is 0.477. The molecule has 0 unspecified atom stereocenters. The van der Waals surface area contributed by atoms with E-state index in [1.54, 1.807) is 14.1 Å². The van der Waals surface area contributed by atoms with Crippen molar-refractivity contribution in [3.05, 3.63) is 35.4 Å². The average molecular weight is 416 g/mol. The highest BCUT2D eigenvalue weighted by atomic mass is 16.5. The Balaban J connectivity index is 1.58. The van der Waals surface area contributed by atoms with Crippen LogP contribution in [0.15, 0.2) is 24.3 Å². The molecule has 0 saturated carbocycles. The second kappa shape index (κ2) is 8.52. The molecular weight excluding hydrogens is 392 g/mol. The lowest BCUT2D eigenvalue weighted by Gasteiger charge is -2.33. The third-order valence-electron chi connectivity index (χ3n) is 5.24. The summed E-state index contributed by atoms with van der Waals surface area (Å²) in [5.41, 5.74) is 0.567. The smallest absolute Gasteiger partial charge is 0.326 e. The van der Waals surface area contributed by atoms with Gasteiger partial charge in [0.25, 0.3) is 11.8 Å². The van der Waals surface area contributed by atoms with Gasteiger partial charge < -0.3 is 20.3 Å². The molecule has 10 nitrogen and oxygen atoms in total. The maximum atomic E-state index is 13.1. The molecule has 160 valence electrons. The van der Waals surface area contributed by atoms with Gasteiger partial charge >= 0.3 is 12.0 Å². The van der Waals surface area contributed by atoms with Crippen LogP contribution < -0.4 is 10.6 Å². The highest BCUT2D eigenvalue weighted by molar-refractivity contribution is 6.09. The molecule has 1 aliphatic carbocycles. The van der Waals surface area contributed by atoms with Crippen LogP contribution in [0.1, 0.15) is 24.0 Å². The maximum absolute atomic E-state index is 13.1. The molecule has 2 N–H and O–H groups in total. The number of carbonyl (C=O) groups is 5. The van der Waals surface area contributed by atoms with E-state index in [0.29, 0.717) is 6.42 Å². The molecule has 0 radical (unpaired) electrons. The number of carbonyl (C=O) groups excluding carboxylic acids is 5. The third-order valence-corrected chi connectivity index (χ3v) is 5.24. The average Bonchev–Trinajstić information content (AvgIpc) is 2.95. The van der Waals surface area contributed by atoms with Gasteiger partial charge in [0, 0.05) is 14.1 Å². The van der Waals surface area contributed by atoms with Gasteiger partial charge in [-0.05, 0) is 30.4 Å². The van der Waals surface area contributed by atoms with E-state index in [4.69, 9.17) is 4.74 Å². The van der Waals surface area contributed by atoms with Crippen molar-refractivity contribution >= 4 is 29.7 Å². The Kier molecular flexibility index (Phi) is 6.04. The van der Waals surface area contributed by atoms with Crippen molar-refractivity contribution < 1.29 is 28.7 Å². The van der Waals surface area contributed by atoms with Crippen LogP contribution >= 0.6 is 0 Å². The van der Waals surface area contributed by atoms with E-state index in [1.807, 2.05) is 24.3 Å². The highest BCUT2D eigenvalue weighted by Crippen LogP contribution is 2.39. The van der Waals surface area contributed by atoms with Crippen molar-refractivity contribution in [2.75, 3.05) is 33.8 Å². The molecule has 1 aliphatic heterocycles. The molecule has 0 bridgehead atoms. The number of likely N-dealkylation sites (N-methyl/N-ethyl adjacent to an activating group) is 1. The van der Waals surface area contributed by atoms with Gasteiger partial charge in [0.05, 0.1) is 6.54 Å². The molecule has 3 rings (SSSR count). The minimum atomic E-state index is -1.17. The van der Waals surface area contributed by atoms with Gasteiger partial charge in [-0.25, -0.2) is 4.79 Å². The van der Waals surface area contributed by atoms with Crippen molar-refractivity contribution in [1.29, 1.82) is 0 Å². The summed E-state index contributed by atoms with van der Waals surface area (Å²) in [6, 6.07) is 6.75. The van der Waals surface area contributed by atoms with Crippen molar-refractivity contribution in [2.24, 2.45) is 0 Å². The summed E-state index contributed by atoms with van der Waals surface area (Å²) in [7, 11) is 3.09. The number of rotatable bonds is 6. The molecule has 30 heavy (non-hydrogen) atoms. The van der Waals surface area contributed by atoms with Crippen molar-refractivity contribution in [3.63, 3.8) is 0 Å². The summed E-state index contributed by atoms with van der Waals surface area (Å²) in [5.74, 6) is -2.37. The lowest BCUT2D eigenvalue weighted by atomic mass is 9.76. The van der Waals surface area contributed by atoms with Gasteiger partial charge in [-0.15, -0.1) is 0 Å². The number of amides is 5. The summed E-state index contributed by atoms with van der Waals surface area (Å²) < 4.78 is 4.85. The number of fused-ring (bicyclic) bond motifs is 2. The van der Waals surface area contributed by atoms with Crippen LogP contribution in [-0.4, -0.2) is 73.3 Å². The summed E-state index contributed by atoms with van der Waals surface area (Å²) in [4.78, 5) is 62.9. The number of esters is 1. The molecular formula is C20H24N4O6. The van der Waals surface area contributed by atoms with E-state index < -0.39 is 42.5 Å². The summed E-state index contributed by atoms with van der Waals surface area (Å²) in [6.45, 7) is -1.44. The second-order valence-electron chi connectivity index (χ2n) is 7.46. The molecule has 1 aromatic rings. The third kappa shape index (κ3) is 4.12. The number of hydrogen-bond acceptors (Lipinski definition) is 6. The second-order valence-corrected chi connectivity index (χ2v) is 7.46. The minimum absolute atomic E-state index is 0.224. The fourth-order valence-corrected chi connectivity index (χ4v) is 3.66. The van der Waals surface area contributed by atoms with Gasteiger partial charge in [-0.2, -0.15) is 0 Å². The first kappa shape index (κ1) is 21.3. The first-order valence-electron chi connectivity index (χ1n) is 9.59. The number of hydrogen-bond donors (Lipinski definition) is 2. The molecule has 5 amide bonds. The molecule has 10 heteroatoms. The first-order chi connectivity index (χ1) is 14.2. The van der Waals surface area contributed by atoms with E-state index in [2.05, 4.69) is 10.6 Å². The van der Waals surface area contributed by atoms with Gasteiger partial charge in [0.1, 0.15) is 12.1 Å². The van der Waals surface area contributed by atoms with Gasteiger partial charge in [-0.1, -0.05) is 24.3 Å². The largest absolute Gasteiger partial charge is 0.454 e. The Bertz CT molecular complexity index is 899. The number of aryl methyl sites for hydroxylation is 1. The molecule has 1 aromatic carbocycles. The normalized spacial score (nSPS) is 19.9. The SMILES string of the molecule is CN(C)C(=O)CNC(=O)COC(=O)CN1C(=O)N[C@]2(CCCc3ccccc32)C1=O. The monoisotopic (exact) mass is 416 g/mol. The van der Waals surface area contributed by atoms with Crippen LogP contribution in [0, 0.1) is 0 Å². The fraction of sp³-hybridized carbons (Fsp3) is 0.450. The zero-order chi connectivity index (χ0) is 21.9. The Labute approximate surface area is 173 Å². The van der Waals surface area contributed by atoms with Crippen LogP contribution in [0.3, 0.4) is 0 Å². The molecule has 1 fully saturated rings. The van der Waals surface area contributed by atoms with E-state index in [1.165, 1.54) is 4.90 Å². The summed E-state index contributed by atoms with van der Waals surface area (Å²) in [5, 5.41) is 5.07. The van der Waals surface area contributed by atoms with Crippen molar-refractivity contribution in [2.45, 2.75) is 24.8 Å². The van der Waals surface area contributed by atoms with E-state index in [-0.39, 0.29) is 12.5 Å². The zero-order valence-corrected chi connectivity index (χ0v) is 16.9. The molecule has 1 atom stereocenters. The highest BCUT2D eigenvalue weighted by Gasteiger charge is 2.54. The van der Waals surface area contributed by atoms with Crippen LogP contribution in [0.25, 0.3) is 0 Å². The van der Waals surface area contributed by atoms with Crippen LogP contribution in [0.4, 0.5) is 4.79 Å². The van der Waals surface area contributed by atoms with Crippen LogP contribution in [0.5, 0.6) is 0 Å². The number of imide groups is 1. The molecule has 0 aromatic heterocycles. The molecule has 2 aliphatic rings. The number of urea groups is 1. The lowest BCUT2D eigenvalue weighted by Crippen LogP contribution is -2.47. The predicted octanol–water partition coefficient (Wildman–Crippen LogP) is -0.482. The van der Waals surface area contributed by atoms with Gasteiger partial charge in [0.15, 0.2) is 6.61 Å². The van der Waals surface area contributed by atoms with Gasteiger partial charge in [0.2, 0.25) is 5.91 Å². The molecule has 1 saturated heterocycles. The summed E-state index contributed by atoms with van der Waals surface area (Å²) >= 11 is 0. The molecule has 1 spiro atoms. The number of benzene rings is 1.